The van der Waals surface area contributed by atoms with Crippen molar-refractivity contribution in [1.82, 2.24) is 4.57 Å². The molecule has 0 aliphatic heterocycles. The predicted octanol–water partition coefficient (Wildman–Crippen LogP) is 3.86. The van der Waals surface area contributed by atoms with Crippen LogP contribution in [0.3, 0.4) is 0 Å². The van der Waals surface area contributed by atoms with E-state index in [0.717, 1.165) is 23.8 Å². The Morgan fingerprint density at radius 2 is 1.92 bits per heavy atom. The molecular formula is C19H16F2N2O2. The zero-order valence-electron chi connectivity index (χ0n) is 13.8. The Morgan fingerprint density at radius 1 is 1.16 bits per heavy atom. The van der Waals surface area contributed by atoms with Gasteiger partial charge in [-0.05, 0) is 38.1 Å². The standard InChI is InChI=1S/C19H16F2N2O2/c1-3-23-10-14(18(24)13-8-11(2)4-7-17(13)23)19(25)22-16-9-12(20)5-6-15(16)21/h4-10H,3H2,1-2H3,(H,22,25). The van der Waals surface area contributed by atoms with Crippen molar-refractivity contribution in [2.24, 2.45) is 0 Å². The summed E-state index contributed by atoms with van der Waals surface area (Å²) in [5.41, 5.74) is 0.727. The molecule has 0 aliphatic rings. The minimum absolute atomic E-state index is 0.122. The fourth-order valence-corrected chi connectivity index (χ4v) is 2.72. The van der Waals surface area contributed by atoms with E-state index in [2.05, 4.69) is 5.32 Å². The number of pyridine rings is 1. The van der Waals surface area contributed by atoms with E-state index in [0.29, 0.717) is 17.4 Å². The first kappa shape index (κ1) is 16.8. The first-order chi connectivity index (χ1) is 11.9. The fraction of sp³-hybridized carbons (Fsp3) is 0.158. The van der Waals surface area contributed by atoms with Crippen molar-refractivity contribution < 1.29 is 13.6 Å². The lowest BCUT2D eigenvalue weighted by molar-refractivity contribution is 0.102. The van der Waals surface area contributed by atoms with Crippen molar-refractivity contribution in [1.29, 1.82) is 0 Å². The van der Waals surface area contributed by atoms with E-state index in [9.17, 15) is 18.4 Å². The molecule has 6 heteroatoms. The highest BCUT2D eigenvalue weighted by Gasteiger charge is 2.17. The van der Waals surface area contributed by atoms with E-state index in [1.807, 2.05) is 26.0 Å². The first-order valence-corrected chi connectivity index (χ1v) is 7.81. The summed E-state index contributed by atoms with van der Waals surface area (Å²) in [6.45, 7) is 4.29. The molecule has 0 saturated heterocycles. The minimum Gasteiger partial charge on any atom is -0.347 e. The second kappa shape index (κ2) is 6.47. The van der Waals surface area contributed by atoms with Gasteiger partial charge in [0.05, 0.1) is 11.2 Å². The number of aromatic nitrogens is 1. The van der Waals surface area contributed by atoms with Crippen molar-refractivity contribution in [3.63, 3.8) is 0 Å². The van der Waals surface area contributed by atoms with Gasteiger partial charge in [-0.25, -0.2) is 8.78 Å². The third-order valence-electron chi connectivity index (χ3n) is 4.00. The summed E-state index contributed by atoms with van der Waals surface area (Å²) >= 11 is 0. The first-order valence-electron chi connectivity index (χ1n) is 7.81. The molecule has 3 aromatic rings. The molecule has 4 nitrogen and oxygen atoms in total. The number of halogens is 2. The average Bonchev–Trinajstić information content (AvgIpc) is 2.58. The number of aryl methyl sites for hydroxylation is 2. The molecule has 1 heterocycles. The van der Waals surface area contributed by atoms with Crippen LogP contribution in [-0.4, -0.2) is 10.5 Å². The Bertz CT molecular complexity index is 1040. The largest absolute Gasteiger partial charge is 0.347 e. The third-order valence-corrected chi connectivity index (χ3v) is 4.00. The Morgan fingerprint density at radius 3 is 2.64 bits per heavy atom. The number of hydrogen-bond acceptors (Lipinski definition) is 2. The maximum atomic E-state index is 13.7. The van der Waals surface area contributed by atoms with Crippen LogP contribution in [0.15, 0.2) is 47.4 Å². The van der Waals surface area contributed by atoms with Crippen LogP contribution < -0.4 is 10.7 Å². The van der Waals surface area contributed by atoms with Crippen molar-refractivity contribution in [2.75, 3.05) is 5.32 Å². The van der Waals surface area contributed by atoms with Gasteiger partial charge in [-0.15, -0.1) is 0 Å². The van der Waals surface area contributed by atoms with Gasteiger partial charge in [0.1, 0.15) is 17.2 Å². The van der Waals surface area contributed by atoms with Crippen molar-refractivity contribution in [3.05, 3.63) is 75.6 Å². The van der Waals surface area contributed by atoms with E-state index in [1.165, 1.54) is 6.20 Å². The Kier molecular flexibility index (Phi) is 4.35. The summed E-state index contributed by atoms with van der Waals surface area (Å²) in [5, 5.41) is 2.68. The van der Waals surface area contributed by atoms with Crippen LogP contribution in [-0.2, 0) is 6.54 Å². The highest BCUT2D eigenvalue weighted by atomic mass is 19.1. The topological polar surface area (TPSA) is 51.1 Å². The smallest absolute Gasteiger partial charge is 0.261 e. The second-order valence-electron chi connectivity index (χ2n) is 5.76. The van der Waals surface area contributed by atoms with Gasteiger partial charge in [-0.1, -0.05) is 11.6 Å². The summed E-state index contributed by atoms with van der Waals surface area (Å²) in [6.07, 6.45) is 1.44. The summed E-state index contributed by atoms with van der Waals surface area (Å²) in [6, 6.07) is 8.16. The van der Waals surface area contributed by atoms with Crippen LogP contribution in [0.1, 0.15) is 22.8 Å². The summed E-state index contributed by atoms with van der Waals surface area (Å²) in [7, 11) is 0. The number of carbonyl (C=O) groups is 1. The summed E-state index contributed by atoms with van der Waals surface area (Å²) in [4.78, 5) is 25.2. The molecule has 0 spiro atoms. The number of anilines is 1. The molecule has 0 bridgehead atoms. The lowest BCUT2D eigenvalue weighted by Gasteiger charge is -2.12. The highest BCUT2D eigenvalue weighted by molar-refractivity contribution is 6.05. The Hall–Kier alpha value is -3.02. The molecule has 3 rings (SSSR count). The second-order valence-corrected chi connectivity index (χ2v) is 5.76. The number of fused-ring (bicyclic) bond motifs is 1. The summed E-state index contributed by atoms with van der Waals surface area (Å²) < 4.78 is 28.8. The molecule has 2 aromatic carbocycles. The highest BCUT2D eigenvalue weighted by Crippen LogP contribution is 2.18. The normalized spacial score (nSPS) is 10.9. The third kappa shape index (κ3) is 3.15. The van der Waals surface area contributed by atoms with Crippen molar-refractivity contribution in [2.45, 2.75) is 20.4 Å². The molecule has 25 heavy (non-hydrogen) atoms. The number of benzene rings is 2. The number of rotatable bonds is 3. The quantitative estimate of drug-likeness (QED) is 0.786. The Balaban J connectivity index is 2.11. The van der Waals surface area contributed by atoms with E-state index in [4.69, 9.17) is 0 Å². The molecule has 0 radical (unpaired) electrons. The summed E-state index contributed by atoms with van der Waals surface area (Å²) in [5.74, 6) is -2.24. The Labute approximate surface area is 142 Å². The molecule has 0 fully saturated rings. The molecule has 0 unspecified atom stereocenters. The van der Waals surface area contributed by atoms with Crippen LogP contribution in [0, 0.1) is 18.6 Å². The van der Waals surface area contributed by atoms with Crippen LogP contribution >= 0.6 is 0 Å². The molecule has 1 amide bonds. The van der Waals surface area contributed by atoms with Gasteiger partial charge in [0.15, 0.2) is 0 Å². The van der Waals surface area contributed by atoms with E-state index < -0.39 is 23.0 Å². The van der Waals surface area contributed by atoms with Gasteiger partial charge in [0, 0.05) is 24.2 Å². The monoisotopic (exact) mass is 342 g/mol. The van der Waals surface area contributed by atoms with Crippen LogP contribution in [0.5, 0.6) is 0 Å². The van der Waals surface area contributed by atoms with E-state index >= 15 is 0 Å². The molecule has 0 atom stereocenters. The SMILES string of the molecule is CCn1cc(C(=O)Nc2cc(F)ccc2F)c(=O)c2cc(C)ccc21. The molecule has 128 valence electrons. The maximum absolute atomic E-state index is 13.7. The van der Waals surface area contributed by atoms with Crippen molar-refractivity contribution in [3.8, 4) is 0 Å². The lowest BCUT2D eigenvalue weighted by Crippen LogP contribution is -2.24. The number of nitrogens with zero attached hydrogens (tertiary/aromatic N) is 1. The maximum Gasteiger partial charge on any atom is 0.261 e. The molecule has 0 saturated carbocycles. The number of carbonyl (C=O) groups excluding carboxylic acids is 1. The minimum atomic E-state index is -0.778. The van der Waals surface area contributed by atoms with Crippen LogP contribution in [0.2, 0.25) is 0 Å². The molecular weight excluding hydrogens is 326 g/mol. The number of amides is 1. The average molecular weight is 342 g/mol. The van der Waals surface area contributed by atoms with Gasteiger partial charge < -0.3 is 9.88 Å². The van der Waals surface area contributed by atoms with Gasteiger partial charge in [-0.3, -0.25) is 9.59 Å². The van der Waals surface area contributed by atoms with Gasteiger partial charge in [0.25, 0.3) is 5.91 Å². The zero-order chi connectivity index (χ0) is 18.1. The van der Waals surface area contributed by atoms with E-state index in [-0.39, 0.29) is 11.3 Å². The van der Waals surface area contributed by atoms with Crippen LogP contribution in [0.4, 0.5) is 14.5 Å². The van der Waals surface area contributed by atoms with Crippen LogP contribution in [0.25, 0.3) is 10.9 Å². The lowest BCUT2D eigenvalue weighted by atomic mass is 10.1. The number of hydrogen-bond donors (Lipinski definition) is 1. The zero-order valence-corrected chi connectivity index (χ0v) is 13.8. The van der Waals surface area contributed by atoms with E-state index in [1.54, 1.807) is 10.6 Å². The molecule has 1 N–H and O–H groups in total. The van der Waals surface area contributed by atoms with Gasteiger partial charge >= 0.3 is 0 Å². The predicted molar refractivity (Wildman–Crippen MR) is 92.9 cm³/mol. The molecule has 1 aromatic heterocycles. The number of nitrogens with one attached hydrogen (secondary N) is 1. The molecule has 0 aliphatic carbocycles. The van der Waals surface area contributed by atoms with Gasteiger partial charge in [-0.2, -0.15) is 0 Å². The van der Waals surface area contributed by atoms with Gasteiger partial charge in [0.2, 0.25) is 5.43 Å². The fourth-order valence-electron chi connectivity index (χ4n) is 2.72. The van der Waals surface area contributed by atoms with Crippen molar-refractivity contribution >= 4 is 22.5 Å².